The van der Waals surface area contributed by atoms with E-state index in [1.165, 1.54) is 15.6 Å². The molecule has 0 aliphatic carbocycles. The van der Waals surface area contributed by atoms with Crippen LogP contribution in [-0.4, -0.2) is 51.9 Å². The predicted octanol–water partition coefficient (Wildman–Crippen LogP) is 2.40. The molecule has 0 spiro atoms. The molecule has 27 heavy (non-hydrogen) atoms. The first-order valence-electron chi connectivity index (χ1n) is 9.06. The summed E-state index contributed by atoms with van der Waals surface area (Å²) < 4.78 is 27.1. The normalized spacial score (nSPS) is 18.2. The van der Waals surface area contributed by atoms with Gasteiger partial charge in [-0.25, -0.2) is 8.42 Å². The lowest BCUT2D eigenvalue weighted by Crippen LogP contribution is -2.46. The first-order valence-corrected chi connectivity index (χ1v) is 11.4. The number of hydrogen-bond donors (Lipinski definition) is 1. The molecule has 1 aliphatic heterocycles. The molecule has 0 unspecified atom stereocenters. The third-order valence-corrected chi connectivity index (χ3v) is 8.03. The van der Waals surface area contributed by atoms with Gasteiger partial charge in [0.15, 0.2) is 0 Å². The maximum absolute atomic E-state index is 12.7. The van der Waals surface area contributed by atoms with Gasteiger partial charge in [-0.15, -0.1) is 11.3 Å². The van der Waals surface area contributed by atoms with Gasteiger partial charge in [0, 0.05) is 38.9 Å². The number of sulfonamides is 1. The number of likely N-dealkylation sites (N-methyl/N-ethyl adjacent to an activating group) is 1. The molecular formula is C19H25N3O3S2. The van der Waals surface area contributed by atoms with Crippen LogP contribution in [0.15, 0.2) is 52.1 Å². The summed E-state index contributed by atoms with van der Waals surface area (Å²) in [5.41, 5.74) is 1.10. The third kappa shape index (κ3) is 4.88. The van der Waals surface area contributed by atoms with Gasteiger partial charge in [-0.2, -0.15) is 4.31 Å². The Bertz CT molecular complexity index is 838. The second kappa shape index (κ2) is 8.86. The Morgan fingerprint density at radius 1 is 1.26 bits per heavy atom. The number of carbonyl (C=O) groups excluding carboxylic acids is 1. The van der Waals surface area contributed by atoms with Crippen molar-refractivity contribution in [3.05, 3.63) is 47.8 Å². The van der Waals surface area contributed by atoms with E-state index in [9.17, 15) is 13.2 Å². The number of hydrogen-bond acceptors (Lipinski definition) is 5. The number of benzene rings is 1. The second-order valence-corrected chi connectivity index (χ2v) is 9.79. The highest BCUT2D eigenvalue weighted by atomic mass is 32.2. The highest BCUT2D eigenvalue weighted by Gasteiger charge is 2.33. The maximum atomic E-state index is 12.7. The second-order valence-electron chi connectivity index (χ2n) is 6.68. The summed E-state index contributed by atoms with van der Waals surface area (Å²) in [7, 11) is -1.51. The van der Waals surface area contributed by atoms with Gasteiger partial charge in [-0.3, -0.25) is 4.79 Å². The fraction of sp³-hybridized carbons (Fsp3) is 0.421. The zero-order valence-electron chi connectivity index (χ0n) is 15.4. The summed E-state index contributed by atoms with van der Waals surface area (Å²) in [6, 6.07) is 13.3. The van der Waals surface area contributed by atoms with Gasteiger partial charge in [-0.05, 0) is 36.4 Å². The van der Waals surface area contributed by atoms with Gasteiger partial charge in [0.25, 0.3) is 10.0 Å². The Kier molecular flexibility index (Phi) is 6.51. The summed E-state index contributed by atoms with van der Waals surface area (Å²) in [6.07, 6.45) is 1.42. The van der Waals surface area contributed by atoms with E-state index >= 15 is 0 Å². The fourth-order valence-electron chi connectivity index (χ4n) is 3.21. The number of carbonyl (C=O) groups is 1. The van der Waals surface area contributed by atoms with E-state index in [0.717, 1.165) is 12.1 Å². The molecule has 3 rings (SSSR count). The third-order valence-electron chi connectivity index (χ3n) is 4.79. The molecule has 0 bridgehead atoms. The first-order chi connectivity index (χ1) is 13.0. The summed E-state index contributed by atoms with van der Waals surface area (Å²) >= 11 is 1.21. The van der Waals surface area contributed by atoms with E-state index in [1.807, 2.05) is 37.4 Å². The smallest absolute Gasteiger partial charge is 0.252 e. The van der Waals surface area contributed by atoms with Crippen LogP contribution in [0.4, 0.5) is 5.69 Å². The van der Waals surface area contributed by atoms with Crippen molar-refractivity contribution in [2.24, 2.45) is 5.92 Å². The van der Waals surface area contributed by atoms with E-state index in [2.05, 4.69) is 10.2 Å². The largest absolute Gasteiger partial charge is 0.373 e. The quantitative estimate of drug-likeness (QED) is 0.765. The van der Waals surface area contributed by atoms with Crippen molar-refractivity contribution in [3.63, 3.8) is 0 Å². The molecule has 1 saturated heterocycles. The standard InChI is InChI=1S/C19H25N3O3S2/c1-21(17-8-3-2-4-9-17)13-11-20-19(23)16-7-5-12-22(15-16)27(24,25)18-10-6-14-26-18/h2-4,6,8-10,14,16H,5,7,11-13,15H2,1H3,(H,20,23)/t16-/m1/s1. The lowest BCUT2D eigenvalue weighted by molar-refractivity contribution is -0.126. The van der Waals surface area contributed by atoms with Gasteiger partial charge in [0.1, 0.15) is 4.21 Å². The Balaban J connectivity index is 1.51. The molecule has 0 saturated carbocycles. The molecule has 1 amide bonds. The summed E-state index contributed by atoms with van der Waals surface area (Å²) in [4.78, 5) is 14.6. The Morgan fingerprint density at radius 2 is 2.04 bits per heavy atom. The number of rotatable bonds is 7. The van der Waals surface area contributed by atoms with Crippen molar-refractivity contribution >= 4 is 33.0 Å². The Labute approximate surface area is 164 Å². The molecule has 146 valence electrons. The number of nitrogens with zero attached hydrogens (tertiary/aromatic N) is 2. The average Bonchev–Trinajstić information content (AvgIpc) is 3.24. The van der Waals surface area contributed by atoms with Gasteiger partial charge in [0.2, 0.25) is 5.91 Å². The van der Waals surface area contributed by atoms with Crippen LogP contribution in [0.2, 0.25) is 0 Å². The lowest BCUT2D eigenvalue weighted by Gasteiger charge is -2.31. The fourth-order valence-corrected chi connectivity index (χ4v) is 5.88. The van der Waals surface area contributed by atoms with Crippen LogP contribution in [0.1, 0.15) is 12.8 Å². The van der Waals surface area contributed by atoms with Crippen LogP contribution < -0.4 is 10.2 Å². The maximum Gasteiger partial charge on any atom is 0.252 e. The minimum absolute atomic E-state index is 0.0671. The van der Waals surface area contributed by atoms with Crippen molar-refractivity contribution in [1.82, 2.24) is 9.62 Å². The monoisotopic (exact) mass is 407 g/mol. The zero-order valence-corrected chi connectivity index (χ0v) is 17.0. The van der Waals surface area contributed by atoms with Crippen LogP contribution in [0.25, 0.3) is 0 Å². The molecule has 0 radical (unpaired) electrons. The van der Waals surface area contributed by atoms with Crippen LogP contribution in [0.5, 0.6) is 0 Å². The molecule has 1 N–H and O–H groups in total. The molecule has 1 fully saturated rings. The Morgan fingerprint density at radius 3 is 2.74 bits per heavy atom. The Hall–Kier alpha value is -1.90. The van der Waals surface area contributed by atoms with Crippen molar-refractivity contribution in [1.29, 1.82) is 0 Å². The molecule has 1 aromatic carbocycles. The number of anilines is 1. The molecular weight excluding hydrogens is 382 g/mol. The van der Waals surface area contributed by atoms with Crippen molar-refractivity contribution < 1.29 is 13.2 Å². The average molecular weight is 408 g/mol. The highest BCUT2D eigenvalue weighted by Crippen LogP contribution is 2.26. The summed E-state index contributed by atoms with van der Waals surface area (Å²) in [6.45, 7) is 1.94. The zero-order chi connectivity index (χ0) is 19.3. The van der Waals surface area contributed by atoms with Crippen molar-refractivity contribution in [2.75, 3.05) is 38.1 Å². The lowest BCUT2D eigenvalue weighted by atomic mass is 9.99. The van der Waals surface area contributed by atoms with Crippen LogP contribution in [0, 0.1) is 5.92 Å². The summed E-state index contributed by atoms with van der Waals surface area (Å²) in [5.74, 6) is -0.363. The van der Waals surface area contributed by atoms with E-state index < -0.39 is 10.0 Å². The van der Waals surface area contributed by atoms with Crippen molar-refractivity contribution in [2.45, 2.75) is 17.1 Å². The molecule has 8 heteroatoms. The van der Waals surface area contributed by atoms with Crippen LogP contribution >= 0.6 is 11.3 Å². The predicted molar refractivity (Wildman–Crippen MR) is 109 cm³/mol. The van der Waals surface area contributed by atoms with Crippen molar-refractivity contribution in [3.8, 4) is 0 Å². The van der Waals surface area contributed by atoms with E-state index in [1.54, 1.807) is 17.5 Å². The number of nitrogens with one attached hydrogen (secondary N) is 1. The number of thiophene rings is 1. The number of piperidine rings is 1. The van der Waals surface area contributed by atoms with E-state index in [4.69, 9.17) is 0 Å². The molecule has 1 aromatic heterocycles. The molecule has 6 nitrogen and oxygen atoms in total. The van der Waals surface area contributed by atoms with Crippen LogP contribution in [-0.2, 0) is 14.8 Å². The highest BCUT2D eigenvalue weighted by molar-refractivity contribution is 7.91. The van der Waals surface area contributed by atoms with Crippen LogP contribution in [0.3, 0.4) is 0 Å². The topological polar surface area (TPSA) is 69.7 Å². The summed E-state index contributed by atoms with van der Waals surface area (Å²) in [5, 5.41) is 4.71. The molecule has 1 aliphatic rings. The van der Waals surface area contributed by atoms with E-state index in [0.29, 0.717) is 30.3 Å². The minimum atomic E-state index is -3.49. The van der Waals surface area contributed by atoms with Gasteiger partial charge >= 0.3 is 0 Å². The molecule has 2 heterocycles. The van der Waals surface area contributed by atoms with E-state index in [-0.39, 0.29) is 18.4 Å². The van der Waals surface area contributed by atoms with Gasteiger partial charge < -0.3 is 10.2 Å². The molecule has 1 atom stereocenters. The minimum Gasteiger partial charge on any atom is -0.373 e. The van der Waals surface area contributed by atoms with Gasteiger partial charge in [-0.1, -0.05) is 24.3 Å². The number of amides is 1. The van der Waals surface area contributed by atoms with Gasteiger partial charge in [0.05, 0.1) is 5.92 Å². The SMILES string of the molecule is CN(CCNC(=O)[C@@H]1CCCN(S(=O)(=O)c2cccs2)C1)c1ccccc1. The molecule has 2 aromatic rings. The number of para-hydroxylation sites is 1. The first kappa shape index (κ1) is 19.9.